The highest BCUT2D eigenvalue weighted by Crippen LogP contribution is 2.26. The maximum atomic E-state index is 12.6. The average molecular weight is 381 g/mol. The first kappa shape index (κ1) is 17.7. The number of carbonyl (C=O) groups is 1. The summed E-state index contributed by atoms with van der Waals surface area (Å²) < 4.78 is 5.06. The number of hydrogen-bond acceptors (Lipinski definition) is 6. The molecule has 1 aliphatic carbocycles. The minimum atomic E-state index is 0.0295. The molecule has 2 aromatic rings. The lowest BCUT2D eigenvalue weighted by molar-refractivity contribution is 0.0762. The molecule has 5 rings (SSSR count). The van der Waals surface area contributed by atoms with E-state index in [9.17, 15) is 4.79 Å². The van der Waals surface area contributed by atoms with Crippen LogP contribution >= 0.6 is 0 Å². The second-order valence-corrected chi connectivity index (χ2v) is 8.05. The Bertz CT molecular complexity index is 825. The number of amides is 1. The third-order valence-electron chi connectivity index (χ3n) is 6.45. The normalized spacial score (nSPS) is 21.1. The number of nitrogens with zero attached hydrogens (tertiary/aromatic N) is 5. The Morgan fingerprint density at radius 1 is 1.07 bits per heavy atom. The first-order valence-electron chi connectivity index (χ1n) is 10.4. The smallest absolute Gasteiger partial charge is 0.257 e. The van der Waals surface area contributed by atoms with Crippen LogP contribution in [0.2, 0.25) is 0 Å². The van der Waals surface area contributed by atoms with E-state index >= 15 is 0 Å². The molecule has 0 spiro atoms. The molecule has 148 valence electrons. The lowest BCUT2D eigenvalue weighted by Crippen LogP contribution is -2.52. The summed E-state index contributed by atoms with van der Waals surface area (Å²) in [6.07, 6.45) is 10.7. The van der Waals surface area contributed by atoms with Crippen molar-refractivity contribution in [3.8, 4) is 0 Å². The molecule has 4 heterocycles. The van der Waals surface area contributed by atoms with E-state index in [-0.39, 0.29) is 5.91 Å². The Labute approximate surface area is 165 Å². The van der Waals surface area contributed by atoms with Crippen LogP contribution in [0.15, 0.2) is 29.2 Å². The molecule has 0 N–H and O–H groups in total. The van der Waals surface area contributed by atoms with Crippen LogP contribution in [-0.2, 0) is 12.8 Å². The summed E-state index contributed by atoms with van der Waals surface area (Å²) in [5, 5.41) is 0. The van der Waals surface area contributed by atoms with E-state index < -0.39 is 0 Å². The largest absolute Gasteiger partial charge is 0.472 e. The predicted octanol–water partition coefficient (Wildman–Crippen LogP) is 1.99. The first-order chi connectivity index (χ1) is 13.8. The van der Waals surface area contributed by atoms with Crippen LogP contribution in [0.4, 0.5) is 5.95 Å². The zero-order chi connectivity index (χ0) is 18.9. The monoisotopic (exact) mass is 381 g/mol. The number of piperazine rings is 1. The minimum absolute atomic E-state index is 0.0295. The van der Waals surface area contributed by atoms with Crippen molar-refractivity contribution in [2.45, 2.75) is 38.1 Å². The maximum Gasteiger partial charge on any atom is 0.257 e. The summed E-state index contributed by atoms with van der Waals surface area (Å²) in [6.45, 7) is 5.60. The van der Waals surface area contributed by atoms with E-state index in [1.54, 1.807) is 12.3 Å². The Balaban J connectivity index is 1.24. The summed E-state index contributed by atoms with van der Waals surface area (Å²) in [7, 11) is 0. The fraction of sp³-hybridized carbons (Fsp3) is 0.571. The molecular weight excluding hydrogens is 354 g/mol. The van der Waals surface area contributed by atoms with Gasteiger partial charge in [-0.15, -0.1) is 0 Å². The highest BCUT2D eigenvalue weighted by molar-refractivity contribution is 5.93. The number of aromatic nitrogens is 2. The van der Waals surface area contributed by atoms with Gasteiger partial charge in [-0.25, -0.2) is 9.97 Å². The van der Waals surface area contributed by atoms with E-state index in [0.717, 1.165) is 56.7 Å². The number of rotatable bonds is 3. The Morgan fingerprint density at radius 2 is 1.89 bits per heavy atom. The fourth-order valence-electron chi connectivity index (χ4n) is 4.43. The second kappa shape index (κ2) is 7.54. The molecule has 7 nitrogen and oxygen atoms in total. The zero-order valence-corrected chi connectivity index (χ0v) is 16.2. The molecular formula is C21H27N5O2. The van der Waals surface area contributed by atoms with Crippen molar-refractivity contribution in [3.63, 3.8) is 0 Å². The summed E-state index contributed by atoms with van der Waals surface area (Å²) in [6, 6.07) is 2.54. The topological polar surface area (TPSA) is 65.7 Å². The molecule has 2 aliphatic heterocycles. The van der Waals surface area contributed by atoms with Crippen molar-refractivity contribution < 1.29 is 9.21 Å². The van der Waals surface area contributed by atoms with Crippen LogP contribution in [0.3, 0.4) is 0 Å². The van der Waals surface area contributed by atoms with E-state index in [4.69, 9.17) is 9.40 Å². The third kappa shape index (κ3) is 3.39. The summed E-state index contributed by atoms with van der Waals surface area (Å²) in [5.41, 5.74) is 2.87. The predicted molar refractivity (Wildman–Crippen MR) is 105 cm³/mol. The van der Waals surface area contributed by atoms with Gasteiger partial charge in [0.1, 0.15) is 6.26 Å². The lowest BCUT2D eigenvalue weighted by atomic mass is 9.91. The van der Waals surface area contributed by atoms with Crippen LogP contribution in [0.25, 0.3) is 0 Å². The van der Waals surface area contributed by atoms with Gasteiger partial charge >= 0.3 is 0 Å². The van der Waals surface area contributed by atoms with Gasteiger partial charge in [0, 0.05) is 57.9 Å². The molecule has 0 bridgehead atoms. The quantitative estimate of drug-likeness (QED) is 0.810. The lowest BCUT2D eigenvalue weighted by Gasteiger charge is -2.43. The van der Waals surface area contributed by atoms with Gasteiger partial charge in [-0.2, -0.15) is 0 Å². The molecule has 0 unspecified atom stereocenters. The van der Waals surface area contributed by atoms with Crippen molar-refractivity contribution in [3.05, 3.63) is 41.6 Å². The van der Waals surface area contributed by atoms with E-state index in [1.807, 2.05) is 11.1 Å². The standard InChI is InChI=1S/C21H27N5O2/c27-20(17-6-13-28-15-17)25-7-4-16-14-22-21(23-19(16)5-8-25)26-11-9-24(10-12-26)18-2-1-3-18/h6,13-15,18H,1-5,7-12H2. The summed E-state index contributed by atoms with van der Waals surface area (Å²) >= 11 is 0. The second-order valence-electron chi connectivity index (χ2n) is 8.05. The van der Waals surface area contributed by atoms with Crippen molar-refractivity contribution in [2.75, 3.05) is 44.2 Å². The SMILES string of the molecule is O=C(c1ccoc1)N1CCc2cnc(N3CCN(C4CCC4)CC3)nc2CC1. The summed E-state index contributed by atoms with van der Waals surface area (Å²) in [4.78, 5) is 29.0. The summed E-state index contributed by atoms with van der Waals surface area (Å²) in [5.74, 6) is 0.878. The number of fused-ring (bicyclic) bond motifs is 1. The first-order valence-corrected chi connectivity index (χ1v) is 10.4. The van der Waals surface area contributed by atoms with Gasteiger partial charge in [-0.3, -0.25) is 9.69 Å². The highest BCUT2D eigenvalue weighted by atomic mass is 16.3. The van der Waals surface area contributed by atoms with Crippen molar-refractivity contribution in [1.82, 2.24) is 19.8 Å². The van der Waals surface area contributed by atoms with Crippen LogP contribution in [0.1, 0.15) is 40.9 Å². The van der Waals surface area contributed by atoms with Gasteiger partial charge in [-0.05, 0) is 30.9 Å². The Kier molecular flexibility index (Phi) is 4.76. The van der Waals surface area contributed by atoms with Crippen LogP contribution in [0.5, 0.6) is 0 Å². The molecule has 28 heavy (non-hydrogen) atoms. The molecule has 3 aliphatic rings. The van der Waals surface area contributed by atoms with Crippen LogP contribution in [-0.4, -0.2) is 71.0 Å². The van der Waals surface area contributed by atoms with Gasteiger partial charge < -0.3 is 14.2 Å². The molecule has 0 radical (unpaired) electrons. The van der Waals surface area contributed by atoms with Gasteiger partial charge in [0.25, 0.3) is 5.91 Å². The van der Waals surface area contributed by atoms with E-state index in [1.165, 1.54) is 31.1 Å². The van der Waals surface area contributed by atoms with Gasteiger partial charge in [0.05, 0.1) is 17.5 Å². The molecule has 1 saturated carbocycles. The molecule has 2 aromatic heterocycles. The molecule has 7 heteroatoms. The van der Waals surface area contributed by atoms with Gasteiger partial charge in [0.2, 0.25) is 5.95 Å². The molecule has 0 atom stereocenters. The van der Waals surface area contributed by atoms with E-state index in [2.05, 4.69) is 14.8 Å². The number of furan rings is 1. The Morgan fingerprint density at radius 3 is 2.61 bits per heavy atom. The number of hydrogen-bond donors (Lipinski definition) is 0. The van der Waals surface area contributed by atoms with Crippen molar-refractivity contribution >= 4 is 11.9 Å². The Hall–Kier alpha value is -2.41. The van der Waals surface area contributed by atoms with Crippen molar-refractivity contribution in [2.24, 2.45) is 0 Å². The number of carbonyl (C=O) groups excluding carboxylic acids is 1. The molecule has 1 amide bonds. The average Bonchev–Trinajstić information content (AvgIpc) is 3.14. The minimum Gasteiger partial charge on any atom is -0.472 e. The molecule has 2 fully saturated rings. The highest BCUT2D eigenvalue weighted by Gasteiger charge is 2.29. The van der Waals surface area contributed by atoms with Crippen LogP contribution in [0, 0.1) is 0 Å². The van der Waals surface area contributed by atoms with Crippen molar-refractivity contribution in [1.29, 1.82) is 0 Å². The van der Waals surface area contributed by atoms with Gasteiger partial charge in [0.15, 0.2) is 0 Å². The molecule has 1 saturated heterocycles. The maximum absolute atomic E-state index is 12.6. The third-order valence-corrected chi connectivity index (χ3v) is 6.45. The van der Waals surface area contributed by atoms with Crippen LogP contribution < -0.4 is 4.90 Å². The fourth-order valence-corrected chi connectivity index (χ4v) is 4.43. The van der Waals surface area contributed by atoms with Gasteiger partial charge in [-0.1, -0.05) is 6.42 Å². The van der Waals surface area contributed by atoms with E-state index in [0.29, 0.717) is 18.7 Å². The zero-order valence-electron chi connectivity index (χ0n) is 16.2. The number of anilines is 1. The molecule has 0 aromatic carbocycles.